The molecule has 0 aliphatic rings. The molecular formula is C36H44O5. The molecule has 0 aromatic heterocycles. The monoisotopic (exact) mass is 556 g/mol. The van der Waals surface area contributed by atoms with Gasteiger partial charge in [0, 0.05) is 23.1 Å². The number of carbonyl (C=O) groups is 4. The van der Waals surface area contributed by atoms with Crippen molar-refractivity contribution in [2.24, 2.45) is 17.3 Å². The first-order valence-corrected chi connectivity index (χ1v) is 14.2. The Hall–Kier alpha value is -3.86. The fourth-order valence-corrected chi connectivity index (χ4v) is 3.86. The predicted octanol–water partition coefficient (Wildman–Crippen LogP) is 8.51. The quantitative estimate of drug-likeness (QED) is 0.185. The molecule has 2 atom stereocenters. The minimum atomic E-state index is -0.871. The highest BCUT2D eigenvalue weighted by atomic mass is 16.5. The highest BCUT2D eigenvalue weighted by Crippen LogP contribution is 2.29. The van der Waals surface area contributed by atoms with Gasteiger partial charge in [0.05, 0.1) is 11.0 Å². The van der Waals surface area contributed by atoms with Crippen LogP contribution < -0.4 is 0 Å². The number of aryl methyl sites for hydroxylation is 2. The van der Waals surface area contributed by atoms with Crippen LogP contribution in [0.5, 0.6) is 0 Å². The number of benzene rings is 3. The molecule has 3 aromatic carbocycles. The molecule has 2 unspecified atom stereocenters. The average molecular weight is 557 g/mol. The molecule has 218 valence electrons. The number of ketones is 3. The normalized spacial score (nSPS) is 12.5. The molecule has 5 nitrogen and oxygen atoms in total. The summed E-state index contributed by atoms with van der Waals surface area (Å²) in [6, 6.07) is 21.5. The van der Waals surface area contributed by atoms with Crippen molar-refractivity contribution in [3.05, 3.63) is 106 Å². The van der Waals surface area contributed by atoms with Gasteiger partial charge in [-0.15, -0.1) is 0 Å². The summed E-state index contributed by atoms with van der Waals surface area (Å²) in [7, 11) is 0. The van der Waals surface area contributed by atoms with E-state index in [2.05, 4.69) is 20.8 Å². The van der Waals surface area contributed by atoms with E-state index in [4.69, 9.17) is 4.74 Å². The van der Waals surface area contributed by atoms with Crippen LogP contribution in [0.3, 0.4) is 0 Å². The van der Waals surface area contributed by atoms with Crippen LogP contribution in [0.25, 0.3) is 0 Å². The maximum absolute atomic E-state index is 12.8. The van der Waals surface area contributed by atoms with Crippen LogP contribution in [0.15, 0.2) is 72.8 Å². The second-order valence-corrected chi connectivity index (χ2v) is 11.8. The van der Waals surface area contributed by atoms with Crippen molar-refractivity contribution in [1.29, 1.82) is 0 Å². The summed E-state index contributed by atoms with van der Waals surface area (Å²) in [6.07, 6.45) is 0.0390. The van der Waals surface area contributed by atoms with E-state index in [9.17, 15) is 19.2 Å². The van der Waals surface area contributed by atoms with Gasteiger partial charge in [-0.3, -0.25) is 14.4 Å². The van der Waals surface area contributed by atoms with Gasteiger partial charge in [-0.25, -0.2) is 4.79 Å². The van der Waals surface area contributed by atoms with Gasteiger partial charge in [0.1, 0.15) is 6.10 Å². The molecule has 5 heteroatoms. The molecular weight excluding hydrogens is 512 g/mol. The Kier molecular flexibility index (Phi) is 11.9. The standard InChI is InChI=1S/C22H24O4.C14H20O/c1-14-6-8-18(9-7-14)20(24)22(4,5)16(3)26-21(25)19-12-10-17(11-13-19)15(2)23;1-10(2)12(4)9-14(15)13-7-5-11(3)6-8-13/h6-13,16H,1-5H3;5-8,10,12H,9H2,1-4H3. The van der Waals surface area contributed by atoms with Gasteiger partial charge < -0.3 is 4.74 Å². The van der Waals surface area contributed by atoms with Crippen LogP contribution >= 0.6 is 0 Å². The first kappa shape index (κ1) is 33.3. The van der Waals surface area contributed by atoms with Crippen molar-refractivity contribution in [2.45, 2.75) is 74.8 Å². The summed E-state index contributed by atoms with van der Waals surface area (Å²) >= 11 is 0. The van der Waals surface area contributed by atoms with Crippen LogP contribution in [0.2, 0.25) is 0 Å². The topological polar surface area (TPSA) is 77.5 Å². The molecule has 0 radical (unpaired) electrons. The maximum atomic E-state index is 12.8. The molecule has 3 rings (SSSR count). The lowest BCUT2D eigenvalue weighted by atomic mass is 9.79. The summed E-state index contributed by atoms with van der Waals surface area (Å²) in [5, 5.41) is 0. The zero-order chi connectivity index (χ0) is 30.9. The molecule has 0 aliphatic carbocycles. The number of hydrogen-bond acceptors (Lipinski definition) is 5. The van der Waals surface area contributed by atoms with Crippen LogP contribution in [0.4, 0.5) is 0 Å². The number of esters is 1. The predicted molar refractivity (Wildman–Crippen MR) is 165 cm³/mol. The van der Waals surface area contributed by atoms with Gasteiger partial charge >= 0.3 is 5.97 Å². The molecule has 0 heterocycles. The summed E-state index contributed by atoms with van der Waals surface area (Å²) in [6.45, 7) is 17.2. The Morgan fingerprint density at radius 2 is 1.07 bits per heavy atom. The van der Waals surface area contributed by atoms with E-state index in [-0.39, 0.29) is 17.3 Å². The zero-order valence-electron chi connectivity index (χ0n) is 25.9. The van der Waals surface area contributed by atoms with E-state index in [0.717, 1.165) is 11.1 Å². The van der Waals surface area contributed by atoms with Gasteiger partial charge in [-0.1, -0.05) is 92.6 Å². The van der Waals surface area contributed by atoms with E-state index in [1.807, 2.05) is 50.2 Å². The molecule has 0 fully saturated rings. The second-order valence-electron chi connectivity index (χ2n) is 11.8. The summed E-state index contributed by atoms with van der Waals surface area (Å²) in [4.78, 5) is 48.4. The van der Waals surface area contributed by atoms with Crippen molar-refractivity contribution in [3.63, 3.8) is 0 Å². The Morgan fingerprint density at radius 3 is 1.51 bits per heavy atom. The minimum Gasteiger partial charge on any atom is -0.458 e. The Morgan fingerprint density at radius 1 is 0.659 bits per heavy atom. The first-order valence-electron chi connectivity index (χ1n) is 14.2. The molecule has 0 saturated heterocycles. The Labute approximate surface area is 245 Å². The lowest BCUT2D eigenvalue weighted by molar-refractivity contribution is 0.00397. The van der Waals surface area contributed by atoms with Gasteiger partial charge in [-0.05, 0) is 65.5 Å². The smallest absolute Gasteiger partial charge is 0.338 e. The van der Waals surface area contributed by atoms with E-state index in [1.165, 1.54) is 12.5 Å². The van der Waals surface area contributed by atoms with Crippen molar-refractivity contribution in [1.82, 2.24) is 0 Å². The summed E-state index contributed by atoms with van der Waals surface area (Å²) < 4.78 is 5.52. The summed E-state index contributed by atoms with van der Waals surface area (Å²) in [5.74, 6) is 0.625. The molecule has 0 spiro atoms. The van der Waals surface area contributed by atoms with Gasteiger partial charge in [0.25, 0.3) is 0 Å². The number of Topliss-reactive ketones (excluding diaryl/α,β-unsaturated/α-hetero) is 3. The molecule has 0 amide bonds. The highest BCUT2D eigenvalue weighted by Gasteiger charge is 2.37. The SMILES string of the molecule is CC(=O)c1ccc(C(=O)OC(C)C(C)(C)C(=O)c2ccc(C)cc2)cc1.Cc1ccc(C(=O)CC(C)C(C)C)cc1. The van der Waals surface area contributed by atoms with Crippen LogP contribution in [0, 0.1) is 31.1 Å². The zero-order valence-corrected chi connectivity index (χ0v) is 25.9. The molecule has 0 bridgehead atoms. The average Bonchev–Trinajstić information content (AvgIpc) is 2.93. The van der Waals surface area contributed by atoms with E-state index in [1.54, 1.807) is 57.2 Å². The van der Waals surface area contributed by atoms with Crippen molar-refractivity contribution in [3.8, 4) is 0 Å². The maximum Gasteiger partial charge on any atom is 0.338 e. The van der Waals surface area contributed by atoms with Crippen LogP contribution in [-0.4, -0.2) is 29.4 Å². The van der Waals surface area contributed by atoms with Crippen LogP contribution in [0.1, 0.15) is 107 Å². The van der Waals surface area contributed by atoms with Crippen LogP contribution in [-0.2, 0) is 4.74 Å². The Balaban J connectivity index is 0.000000333. The van der Waals surface area contributed by atoms with Gasteiger partial charge in [0.15, 0.2) is 17.3 Å². The molecule has 41 heavy (non-hydrogen) atoms. The third-order valence-electron chi connectivity index (χ3n) is 7.75. The lowest BCUT2D eigenvalue weighted by Gasteiger charge is -2.30. The van der Waals surface area contributed by atoms with E-state index >= 15 is 0 Å². The second kappa shape index (κ2) is 14.7. The largest absolute Gasteiger partial charge is 0.458 e. The van der Waals surface area contributed by atoms with Crippen molar-refractivity contribution < 1.29 is 23.9 Å². The fourth-order valence-electron chi connectivity index (χ4n) is 3.86. The van der Waals surface area contributed by atoms with Crippen molar-refractivity contribution >= 4 is 23.3 Å². The molecule has 0 N–H and O–H groups in total. The van der Waals surface area contributed by atoms with E-state index in [0.29, 0.717) is 34.9 Å². The van der Waals surface area contributed by atoms with E-state index < -0.39 is 17.5 Å². The third-order valence-corrected chi connectivity index (χ3v) is 7.75. The number of rotatable bonds is 10. The third kappa shape index (κ3) is 9.63. The van der Waals surface area contributed by atoms with Gasteiger partial charge in [-0.2, -0.15) is 0 Å². The minimum absolute atomic E-state index is 0.0666. The Bertz CT molecular complexity index is 1330. The molecule has 3 aromatic rings. The lowest BCUT2D eigenvalue weighted by Crippen LogP contribution is -2.38. The number of hydrogen-bond donors (Lipinski definition) is 0. The van der Waals surface area contributed by atoms with Gasteiger partial charge in [0.2, 0.25) is 0 Å². The number of carbonyl (C=O) groups excluding carboxylic acids is 4. The number of ether oxygens (including phenoxy) is 1. The molecule has 0 saturated carbocycles. The highest BCUT2D eigenvalue weighted by molar-refractivity contribution is 6.01. The molecule has 0 aliphatic heterocycles. The van der Waals surface area contributed by atoms with Crippen molar-refractivity contribution in [2.75, 3.05) is 0 Å². The first-order chi connectivity index (χ1) is 19.1. The summed E-state index contributed by atoms with van der Waals surface area (Å²) in [5.41, 5.74) is 3.72. The fraction of sp³-hybridized carbons (Fsp3) is 0.389.